The third-order valence-corrected chi connectivity index (χ3v) is 5.63. The van der Waals surface area contributed by atoms with E-state index in [9.17, 15) is 9.59 Å². The van der Waals surface area contributed by atoms with E-state index in [2.05, 4.69) is 20.4 Å². The largest absolute Gasteiger partial charge is 0.452 e. The summed E-state index contributed by atoms with van der Waals surface area (Å²) in [6.07, 6.45) is 1.60. The number of aryl methyl sites for hydroxylation is 3. The Morgan fingerprint density at radius 3 is 2.82 bits per heavy atom. The zero-order valence-corrected chi connectivity index (χ0v) is 17.1. The number of nitrogens with zero attached hydrogens (tertiary/aromatic N) is 3. The Balaban J connectivity index is 1.60. The topological polar surface area (TPSA) is 107 Å². The number of thioether (sulfide) groups is 1. The minimum atomic E-state index is -0.611. The molecular formula is C18H18N4O4S2. The normalized spacial score (nSPS) is 10.7. The predicted octanol–water partition coefficient (Wildman–Crippen LogP) is 3.54. The molecule has 0 fully saturated rings. The van der Waals surface area contributed by atoms with Crippen molar-refractivity contribution < 1.29 is 18.8 Å². The van der Waals surface area contributed by atoms with Crippen molar-refractivity contribution in [3.63, 3.8) is 0 Å². The van der Waals surface area contributed by atoms with Gasteiger partial charge in [-0.2, -0.15) is 0 Å². The van der Waals surface area contributed by atoms with E-state index in [1.54, 1.807) is 18.3 Å². The molecule has 0 saturated carbocycles. The van der Waals surface area contributed by atoms with Crippen molar-refractivity contribution in [3.05, 3.63) is 52.0 Å². The molecule has 0 radical (unpaired) electrons. The summed E-state index contributed by atoms with van der Waals surface area (Å²) in [4.78, 5) is 32.8. The molecule has 3 heterocycles. The first-order valence-electron chi connectivity index (χ1n) is 8.32. The van der Waals surface area contributed by atoms with E-state index in [0.717, 1.165) is 22.7 Å². The lowest BCUT2D eigenvalue weighted by Crippen LogP contribution is -2.21. The minimum absolute atomic E-state index is 0.303. The van der Waals surface area contributed by atoms with Gasteiger partial charge in [0.1, 0.15) is 10.8 Å². The van der Waals surface area contributed by atoms with E-state index in [1.807, 2.05) is 26.2 Å². The third kappa shape index (κ3) is 4.96. The van der Waals surface area contributed by atoms with Gasteiger partial charge in [0, 0.05) is 22.9 Å². The first kappa shape index (κ1) is 20.0. The highest BCUT2D eigenvalue weighted by molar-refractivity contribution is 7.98. The number of amides is 1. The van der Waals surface area contributed by atoms with Gasteiger partial charge in [-0.1, -0.05) is 5.16 Å². The average molecular weight is 419 g/mol. The lowest BCUT2D eigenvalue weighted by Gasteiger charge is -2.08. The Labute approximate surface area is 169 Å². The van der Waals surface area contributed by atoms with Crippen LogP contribution in [0, 0.1) is 20.8 Å². The molecule has 0 atom stereocenters. The van der Waals surface area contributed by atoms with Gasteiger partial charge in [0.15, 0.2) is 11.7 Å². The van der Waals surface area contributed by atoms with E-state index in [-0.39, 0.29) is 0 Å². The molecule has 28 heavy (non-hydrogen) atoms. The molecule has 0 unspecified atom stereocenters. The second-order valence-electron chi connectivity index (χ2n) is 5.87. The summed E-state index contributed by atoms with van der Waals surface area (Å²) < 4.78 is 10.3. The maximum absolute atomic E-state index is 12.4. The molecule has 0 spiro atoms. The fraction of sp³-hybridized carbons (Fsp3) is 0.278. The Morgan fingerprint density at radius 2 is 2.14 bits per heavy atom. The zero-order valence-electron chi connectivity index (χ0n) is 15.5. The average Bonchev–Trinajstić information content (AvgIpc) is 3.23. The monoisotopic (exact) mass is 418 g/mol. The molecule has 3 aromatic heterocycles. The third-order valence-electron chi connectivity index (χ3n) is 3.73. The first-order valence-corrected chi connectivity index (χ1v) is 10.2. The molecule has 8 nitrogen and oxygen atoms in total. The highest BCUT2D eigenvalue weighted by atomic mass is 32.2. The number of hydrogen-bond acceptors (Lipinski definition) is 9. The maximum Gasteiger partial charge on any atom is 0.341 e. The second-order valence-corrected chi connectivity index (χ2v) is 7.69. The number of pyridine rings is 1. The van der Waals surface area contributed by atoms with E-state index < -0.39 is 18.5 Å². The molecule has 10 heteroatoms. The summed E-state index contributed by atoms with van der Waals surface area (Å²) in [6, 6.07) is 3.27. The molecule has 1 N–H and O–H groups in total. The number of carbonyl (C=O) groups excluding carboxylic acids is 2. The molecule has 1 amide bonds. The van der Waals surface area contributed by atoms with Crippen LogP contribution < -0.4 is 5.32 Å². The van der Waals surface area contributed by atoms with Crippen molar-refractivity contribution in [1.29, 1.82) is 0 Å². The van der Waals surface area contributed by atoms with Gasteiger partial charge in [0.2, 0.25) is 0 Å². The highest BCUT2D eigenvalue weighted by Crippen LogP contribution is 2.27. The second kappa shape index (κ2) is 8.98. The lowest BCUT2D eigenvalue weighted by molar-refractivity contribution is -0.119. The standard InChI is InChI=1S/C18H18N4O4S2/c1-10-8-28-18(20-10)21-15(23)7-25-17(24)13-5-4-6-19-16(13)27-9-14-11(2)22-26-12(14)3/h4-6,8H,7,9H2,1-3H3,(H,20,21,23). The van der Waals surface area contributed by atoms with E-state index in [4.69, 9.17) is 9.26 Å². The van der Waals surface area contributed by atoms with Crippen LogP contribution in [-0.2, 0) is 15.3 Å². The highest BCUT2D eigenvalue weighted by Gasteiger charge is 2.18. The fourth-order valence-electron chi connectivity index (χ4n) is 2.29. The minimum Gasteiger partial charge on any atom is -0.452 e. The molecule has 0 aromatic carbocycles. The van der Waals surface area contributed by atoms with Gasteiger partial charge < -0.3 is 9.26 Å². The summed E-state index contributed by atoms with van der Waals surface area (Å²) in [5.74, 6) is 0.234. The van der Waals surface area contributed by atoms with Crippen molar-refractivity contribution in [2.45, 2.75) is 31.6 Å². The van der Waals surface area contributed by atoms with Gasteiger partial charge in [-0.05, 0) is 32.9 Å². The van der Waals surface area contributed by atoms with E-state index >= 15 is 0 Å². The number of carbonyl (C=O) groups is 2. The van der Waals surface area contributed by atoms with Crippen LogP contribution in [0.1, 0.15) is 33.1 Å². The summed E-state index contributed by atoms with van der Waals surface area (Å²) in [7, 11) is 0. The first-order chi connectivity index (χ1) is 13.4. The number of thiazole rings is 1. The van der Waals surface area contributed by atoms with Crippen molar-refractivity contribution in [2.75, 3.05) is 11.9 Å². The van der Waals surface area contributed by atoms with Gasteiger partial charge >= 0.3 is 5.97 Å². The van der Waals surface area contributed by atoms with Crippen LogP contribution in [0.15, 0.2) is 33.3 Å². The summed E-state index contributed by atoms with van der Waals surface area (Å²) >= 11 is 2.69. The van der Waals surface area contributed by atoms with Gasteiger partial charge in [0.05, 0.1) is 17.0 Å². The SMILES string of the molecule is Cc1csc(NC(=O)COC(=O)c2cccnc2SCc2c(C)noc2C)n1. The van der Waals surface area contributed by atoms with Crippen LogP contribution in [-0.4, -0.2) is 33.6 Å². The van der Waals surface area contributed by atoms with Gasteiger partial charge in [-0.3, -0.25) is 10.1 Å². The van der Waals surface area contributed by atoms with Crippen LogP contribution in [0.25, 0.3) is 0 Å². The Kier molecular flexibility index (Phi) is 6.42. The Bertz CT molecular complexity index is 980. The molecule has 0 aliphatic heterocycles. The molecule has 146 valence electrons. The predicted molar refractivity (Wildman–Crippen MR) is 106 cm³/mol. The Morgan fingerprint density at radius 1 is 1.32 bits per heavy atom. The fourth-order valence-corrected chi connectivity index (χ4v) is 4.13. The van der Waals surface area contributed by atoms with Crippen LogP contribution in [0.3, 0.4) is 0 Å². The van der Waals surface area contributed by atoms with Crippen LogP contribution in [0.4, 0.5) is 5.13 Å². The van der Waals surface area contributed by atoms with E-state index in [1.165, 1.54) is 23.1 Å². The number of hydrogen-bond donors (Lipinski definition) is 1. The quantitative estimate of drug-likeness (QED) is 0.459. The Hall–Kier alpha value is -2.72. The number of esters is 1. The lowest BCUT2D eigenvalue weighted by atomic mass is 10.2. The molecule has 0 aliphatic rings. The molecule has 0 saturated heterocycles. The van der Waals surface area contributed by atoms with Crippen molar-refractivity contribution in [3.8, 4) is 0 Å². The summed E-state index contributed by atoms with van der Waals surface area (Å²) in [5, 5.41) is 9.32. The van der Waals surface area contributed by atoms with Crippen molar-refractivity contribution in [2.24, 2.45) is 0 Å². The van der Waals surface area contributed by atoms with Gasteiger partial charge in [0.25, 0.3) is 5.91 Å². The number of anilines is 1. The number of ether oxygens (including phenoxy) is 1. The number of nitrogens with one attached hydrogen (secondary N) is 1. The molecule has 0 aliphatic carbocycles. The van der Waals surface area contributed by atoms with Gasteiger partial charge in [-0.25, -0.2) is 14.8 Å². The summed E-state index contributed by atoms with van der Waals surface area (Å²) in [5.41, 5.74) is 2.89. The molecular weight excluding hydrogens is 400 g/mol. The molecule has 3 rings (SSSR count). The van der Waals surface area contributed by atoms with Gasteiger partial charge in [-0.15, -0.1) is 23.1 Å². The summed E-state index contributed by atoms with van der Waals surface area (Å²) in [6.45, 7) is 5.13. The van der Waals surface area contributed by atoms with Crippen LogP contribution >= 0.6 is 23.1 Å². The van der Waals surface area contributed by atoms with Crippen LogP contribution in [0.5, 0.6) is 0 Å². The maximum atomic E-state index is 12.4. The number of aromatic nitrogens is 3. The van der Waals surface area contributed by atoms with Crippen LogP contribution in [0.2, 0.25) is 0 Å². The van der Waals surface area contributed by atoms with Crippen molar-refractivity contribution >= 4 is 40.1 Å². The van der Waals surface area contributed by atoms with E-state index in [0.29, 0.717) is 21.5 Å². The van der Waals surface area contributed by atoms with Crippen molar-refractivity contribution in [1.82, 2.24) is 15.1 Å². The smallest absolute Gasteiger partial charge is 0.341 e. The molecule has 0 bridgehead atoms. The zero-order chi connectivity index (χ0) is 20.1. The molecule has 3 aromatic rings. The number of rotatable bonds is 7.